The van der Waals surface area contributed by atoms with Crippen LogP contribution in [0.3, 0.4) is 0 Å². The average molecular weight is 299 g/mol. The van der Waals surface area contributed by atoms with Gasteiger partial charge in [-0.15, -0.1) is 0 Å². The Balaban J connectivity index is 3.23. The van der Waals surface area contributed by atoms with Crippen LogP contribution in [0.5, 0.6) is 0 Å². The Kier molecular flexibility index (Phi) is 6.89. The summed E-state index contributed by atoms with van der Waals surface area (Å²) in [6.07, 6.45) is 4.38. The minimum Gasteiger partial charge on any atom is -0.398 e. The molecule has 22 heavy (non-hydrogen) atoms. The van der Waals surface area contributed by atoms with Gasteiger partial charge in [0.15, 0.2) is 0 Å². The minimum absolute atomic E-state index is 0.413. The zero-order valence-electron chi connectivity index (χ0n) is 13.3. The van der Waals surface area contributed by atoms with Crippen molar-refractivity contribution in [3.8, 4) is 0 Å². The number of allylic oxidation sites excluding steroid dienone is 1. The highest BCUT2D eigenvalue weighted by Gasteiger charge is 2.15. The third kappa shape index (κ3) is 3.97. The van der Waals surface area contributed by atoms with Gasteiger partial charge in [0.05, 0.1) is 5.71 Å². The molecule has 0 bridgehead atoms. The lowest BCUT2D eigenvalue weighted by atomic mass is 9.93. The molecule has 1 rings (SSSR count). The second kappa shape index (κ2) is 8.67. The summed E-state index contributed by atoms with van der Waals surface area (Å²) in [5.41, 5.74) is 10.1. The van der Waals surface area contributed by atoms with Crippen LogP contribution in [0.2, 0.25) is 0 Å². The first-order valence-electron chi connectivity index (χ1n) is 7.32. The van der Waals surface area contributed by atoms with Gasteiger partial charge < -0.3 is 21.8 Å². The second-order valence-electron chi connectivity index (χ2n) is 4.80. The molecule has 0 atom stereocenters. The molecule has 5 nitrogen and oxygen atoms in total. The molecule has 1 aromatic rings. The first kappa shape index (κ1) is 17.5. The number of anilines is 1. The highest BCUT2D eigenvalue weighted by atomic mass is 14.9. The van der Waals surface area contributed by atoms with Crippen molar-refractivity contribution in [2.24, 2.45) is 0 Å². The van der Waals surface area contributed by atoms with Crippen molar-refractivity contribution in [2.75, 3.05) is 19.3 Å². The van der Waals surface area contributed by atoms with E-state index >= 15 is 0 Å². The second-order valence-corrected chi connectivity index (χ2v) is 4.80. The van der Waals surface area contributed by atoms with E-state index in [9.17, 15) is 0 Å². The van der Waals surface area contributed by atoms with E-state index < -0.39 is 0 Å². The van der Waals surface area contributed by atoms with Crippen LogP contribution in [0.4, 0.5) is 5.69 Å². The molecule has 0 aliphatic rings. The molecule has 0 unspecified atom stereocenters. The molecular weight excluding hydrogens is 274 g/mol. The monoisotopic (exact) mass is 299 g/mol. The lowest BCUT2D eigenvalue weighted by molar-refractivity contribution is 0.764. The summed E-state index contributed by atoms with van der Waals surface area (Å²) in [5, 5.41) is 22.4. The van der Waals surface area contributed by atoms with E-state index in [1.807, 2.05) is 26.1 Å². The Labute approximate surface area is 132 Å². The molecule has 0 heterocycles. The zero-order valence-corrected chi connectivity index (χ0v) is 13.3. The summed E-state index contributed by atoms with van der Waals surface area (Å²) in [7, 11) is 1.86. The smallest absolute Gasteiger partial charge is 0.0668 e. The molecule has 0 fully saturated rings. The molecule has 118 valence electrons. The maximum Gasteiger partial charge on any atom is 0.0668 e. The summed E-state index contributed by atoms with van der Waals surface area (Å²) in [4.78, 5) is 0. The molecule has 0 saturated heterocycles. The van der Waals surface area contributed by atoms with Gasteiger partial charge in [0.2, 0.25) is 0 Å². The van der Waals surface area contributed by atoms with Gasteiger partial charge in [-0.05, 0) is 24.3 Å². The number of nitrogens with one attached hydrogen (secondary N) is 4. The van der Waals surface area contributed by atoms with E-state index in [0.717, 1.165) is 30.7 Å². The summed E-state index contributed by atoms with van der Waals surface area (Å²) >= 11 is 0. The average Bonchev–Trinajstić information content (AvgIpc) is 2.53. The van der Waals surface area contributed by atoms with Crippen molar-refractivity contribution >= 4 is 17.6 Å². The molecule has 0 spiro atoms. The van der Waals surface area contributed by atoms with Gasteiger partial charge in [-0.2, -0.15) is 0 Å². The number of benzene rings is 1. The Morgan fingerprint density at radius 1 is 1.41 bits per heavy atom. The topological polar surface area (TPSA) is 97.8 Å². The van der Waals surface area contributed by atoms with Gasteiger partial charge in [-0.3, -0.25) is 5.41 Å². The molecule has 0 radical (unpaired) electrons. The molecule has 0 aromatic heterocycles. The molecule has 1 aromatic carbocycles. The summed E-state index contributed by atoms with van der Waals surface area (Å²) in [5.74, 6) is 0. The fraction of sp³-hybridized carbons (Fsp3) is 0.294. The maximum absolute atomic E-state index is 8.54. The summed E-state index contributed by atoms with van der Waals surface area (Å²) in [6.45, 7) is 6.42. The Morgan fingerprint density at radius 3 is 2.68 bits per heavy atom. The summed E-state index contributed by atoms with van der Waals surface area (Å²) < 4.78 is 0. The van der Waals surface area contributed by atoms with Crippen LogP contribution in [0.15, 0.2) is 42.2 Å². The Morgan fingerprint density at radius 2 is 2.14 bits per heavy atom. The van der Waals surface area contributed by atoms with E-state index in [1.165, 1.54) is 6.21 Å². The standard InChI is InChI=1S/C17H25N5/c1-4-12(16(21-3)9-10-22-5-2)17(20)13-7-6-8-15(19)14(13)11-18/h5-8,11,18,20-22H,2,4,9-10,19H2,1,3H3/b16-12-,18-11?,20-17?. The van der Waals surface area contributed by atoms with Crippen molar-refractivity contribution < 1.29 is 0 Å². The van der Waals surface area contributed by atoms with Crippen molar-refractivity contribution in [1.29, 1.82) is 10.8 Å². The van der Waals surface area contributed by atoms with E-state index in [-0.39, 0.29) is 0 Å². The molecule has 0 aliphatic carbocycles. The highest BCUT2D eigenvalue weighted by Crippen LogP contribution is 2.21. The van der Waals surface area contributed by atoms with Gasteiger partial charge in [0, 0.05) is 48.7 Å². The first-order chi connectivity index (χ1) is 10.6. The molecule has 5 heteroatoms. The fourth-order valence-electron chi connectivity index (χ4n) is 2.39. The first-order valence-corrected chi connectivity index (χ1v) is 7.32. The van der Waals surface area contributed by atoms with Crippen LogP contribution < -0.4 is 16.4 Å². The molecule has 6 N–H and O–H groups in total. The van der Waals surface area contributed by atoms with Gasteiger partial charge in [0.1, 0.15) is 0 Å². The van der Waals surface area contributed by atoms with Gasteiger partial charge in [0.25, 0.3) is 0 Å². The predicted molar refractivity (Wildman–Crippen MR) is 94.8 cm³/mol. The molecule has 0 saturated carbocycles. The molecular formula is C17H25N5. The van der Waals surface area contributed by atoms with Crippen molar-refractivity contribution in [1.82, 2.24) is 10.6 Å². The van der Waals surface area contributed by atoms with Gasteiger partial charge in [-0.25, -0.2) is 0 Å². The maximum atomic E-state index is 8.54. The van der Waals surface area contributed by atoms with E-state index in [0.29, 0.717) is 22.5 Å². The van der Waals surface area contributed by atoms with E-state index in [4.69, 9.17) is 16.6 Å². The number of hydrogen-bond donors (Lipinski definition) is 5. The van der Waals surface area contributed by atoms with E-state index in [1.54, 1.807) is 12.3 Å². The molecule has 0 aliphatic heterocycles. The van der Waals surface area contributed by atoms with Crippen molar-refractivity contribution in [2.45, 2.75) is 19.8 Å². The van der Waals surface area contributed by atoms with Crippen molar-refractivity contribution in [3.05, 3.63) is 53.4 Å². The van der Waals surface area contributed by atoms with Crippen molar-refractivity contribution in [3.63, 3.8) is 0 Å². The SMILES string of the molecule is C=CNCC/C(NC)=C(\CC)C(=N)c1cccc(N)c1C=N. The van der Waals surface area contributed by atoms with Crippen LogP contribution in [-0.4, -0.2) is 25.5 Å². The largest absolute Gasteiger partial charge is 0.398 e. The third-order valence-corrected chi connectivity index (χ3v) is 3.54. The van der Waals surface area contributed by atoms with Crippen LogP contribution in [-0.2, 0) is 0 Å². The van der Waals surface area contributed by atoms with Gasteiger partial charge >= 0.3 is 0 Å². The number of nitrogens with two attached hydrogens (primary N) is 1. The van der Waals surface area contributed by atoms with Crippen LogP contribution in [0, 0.1) is 10.8 Å². The number of nitrogen functional groups attached to an aromatic ring is 1. The summed E-state index contributed by atoms with van der Waals surface area (Å²) in [6, 6.07) is 5.40. The van der Waals surface area contributed by atoms with Crippen LogP contribution in [0.1, 0.15) is 30.9 Å². The van der Waals surface area contributed by atoms with Gasteiger partial charge in [-0.1, -0.05) is 25.6 Å². The van der Waals surface area contributed by atoms with Crippen LogP contribution in [0.25, 0.3) is 0 Å². The fourth-order valence-corrected chi connectivity index (χ4v) is 2.39. The third-order valence-electron chi connectivity index (χ3n) is 3.54. The normalized spacial score (nSPS) is 11.4. The van der Waals surface area contributed by atoms with E-state index in [2.05, 4.69) is 17.2 Å². The predicted octanol–water partition coefficient (Wildman–Crippen LogP) is 2.64. The highest BCUT2D eigenvalue weighted by molar-refractivity contribution is 6.15. The Bertz CT molecular complexity index is 587. The Hall–Kier alpha value is -2.56. The quantitative estimate of drug-likeness (QED) is 0.275. The number of rotatable bonds is 9. The zero-order chi connectivity index (χ0) is 16.5. The minimum atomic E-state index is 0.413. The lowest BCUT2D eigenvalue weighted by Crippen LogP contribution is -2.19. The lowest BCUT2D eigenvalue weighted by Gasteiger charge is -2.17. The number of hydrogen-bond acceptors (Lipinski definition) is 5. The molecule has 0 amide bonds. The van der Waals surface area contributed by atoms with Crippen LogP contribution >= 0.6 is 0 Å².